The highest BCUT2D eigenvalue weighted by atomic mass is 127. The Morgan fingerprint density at radius 2 is 1.70 bits per heavy atom. The van der Waals surface area contributed by atoms with Gasteiger partial charge in [-0.2, -0.15) is 13.2 Å². The predicted octanol–water partition coefficient (Wildman–Crippen LogP) is 5.39. The van der Waals surface area contributed by atoms with Gasteiger partial charge in [-0.05, 0) is 70.2 Å². The second kappa shape index (κ2) is 8.88. The van der Waals surface area contributed by atoms with E-state index in [4.69, 9.17) is 0 Å². The Hall–Kier alpha value is -2.17. The molecule has 0 fully saturated rings. The standard InChI is InChI=1S/C25H24F3IN2O2/c1-3-30(4-2)13-14-31-22-20(29)12-11-19(25(26,27)28)21(22)24(33,23(31)32)18-10-9-16-7-5-6-8-17(16)15-18/h5-12,15,33H,3-4,13-14H2,1-2H3. The minimum atomic E-state index is -4.73. The van der Waals surface area contributed by atoms with Crippen LogP contribution in [0.5, 0.6) is 0 Å². The van der Waals surface area contributed by atoms with Crippen molar-refractivity contribution in [3.63, 3.8) is 0 Å². The van der Waals surface area contributed by atoms with Gasteiger partial charge in [0.05, 0.1) is 11.3 Å². The molecule has 1 aliphatic heterocycles. The molecule has 8 heteroatoms. The van der Waals surface area contributed by atoms with E-state index in [-0.39, 0.29) is 23.4 Å². The molecule has 174 valence electrons. The molecule has 0 aromatic heterocycles. The minimum Gasteiger partial charge on any atom is -0.372 e. The number of hydrogen-bond donors (Lipinski definition) is 1. The highest BCUT2D eigenvalue weighted by molar-refractivity contribution is 14.1. The number of anilines is 1. The first-order chi connectivity index (χ1) is 15.6. The summed E-state index contributed by atoms with van der Waals surface area (Å²) in [6, 6.07) is 14.5. The minimum absolute atomic E-state index is 0.130. The molecule has 1 heterocycles. The lowest BCUT2D eigenvalue weighted by atomic mass is 9.83. The molecular weight excluding hydrogens is 544 g/mol. The zero-order chi connectivity index (χ0) is 24.0. The molecule has 33 heavy (non-hydrogen) atoms. The highest BCUT2D eigenvalue weighted by Crippen LogP contribution is 2.51. The van der Waals surface area contributed by atoms with E-state index in [9.17, 15) is 23.1 Å². The second-order valence-electron chi connectivity index (χ2n) is 8.07. The summed E-state index contributed by atoms with van der Waals surface area (Å²) in [4.78, 5) is 17.1. The number of likely N-dealkylation sites (N-methyl/N-ethyl adjacent to an activating group) is 1. The molecule has 0 radical (unpaired) electrons. The maximum atomic E-state index is 14.1. The molecule has 3 aromatic rings. The third-order valence-corrected chi connectivity index (χ3v) is 7.19. The van der Waals surface area contributed by atoms with Gasteiger partial charge in [0.1, 0.15) is 0 Å². The lowest BCUT2D eigenvalue weighted by molar-refractivity contribution is -0.142. The van der Waals surface area contributed by atoms with E-state index < -0.39 is 23.2 Å². The molecule has 0 saturated carbocycles. The molecule has 4 rings (SSSR count). The quantitative estimate of drug-likeness (QED) is 0.406. The molecule has 4 nitrogen and oxygen atoms in total. The number of carbonyl (C=O) groups excluding carboxylic acids is 1. The van der Waals surface area contributed by atoms with E-state index in [1.54, 1.807) is 24.3 Å². The number of nitrogens with zero attached hydrogens (tertiary/aromatic N) is 2. The zero-order valence-corrected chi connectivity index (χ0v) is 20.4. The summed E-state index contributed by atoms with van der Waals surface area (Å²) in [6.45, 7) is 6.14. The van der Waals surface area contributed by atoms with E-state index in [1.807, 2.05) is 48.6 Å². The maximum Gasteiger partial charge on any atom is 0.416 e. The van der Waals surface area contributed by atoms with Crippen molar-refractivity contribution in [1.29, 1.82) is 0 Å². The zero-order valence-electron chi connectivity index (χ0n) is 18.3. The number of alkyl halides is 3. The molecule has 1 amide bonds. The van der Waals surface area contributed by atoms with Gasteiger partial charge >= 0.3 is 6.18 Å². The molecule has 0 spiro atoms. The fraction of sp³-hybridized carbons (Fsp3) is 0.320. The van der Waals surface area contributed by atoms with Crippen LogP contribution in [0.15, 0.2) is 54.6 Å². The van der Waals surface area contributed by atoms with Crippen LogP contribution >= 0.6 is 22.6 Å². The van der Waals surface area contributed by atoms with Crippen molar-refractivity contribution in [3.05, 3.63) is 74.9 Å². The molecule has 1 atom stereocenters. The summed E-state index contributed by atoms with van der Waals surface area (Å²) in [5.74, 6) is -0.755. The molecule has 1 N–H and O–H groups in total. The third kappa shape index (κ3) is 4.02. The third-order valence-electron chi connectivity index (χ3n) is 6.32. The number of rotatable bonds is 6. The van der Waals surface area contributed by atoms with E-state index in [1.165, 1.54) is 17.0 Å². The van der Waals surface area contributed by atoms with E-state index >= 15 is 0 Å². The number of carbonyl (C=O) groups is 1. The van der Waals surface area contributed by atoms with Crippen LogP contribution in [0.25, 0.3) is 10.8 Å². The number of hydrogen-bond acceptors (Lipinski definition) is 3. The Balaban J connectivity index is 1.94. The summed E-state index contributed by atoms with van der Waals surface area (Å²) in [5.41, 5.74) is -3.55. The number of aliphatic hydroxyl groups is 1. The first-order valence-corrected chi connectivity index (χ1v) is 11.9. The summed E-state index contributed by atoms with van der Waals surface area (Å²) in [5, 5.41) is 13.5. The highest BCUT2D eigenvalue weighted by Gasteiger charge is 2.56. The maximum absolute atomic E-state index is 14.1. The molecular formula is C25H24F3IN2O2. The van der Waals surface area contributed by atoms with Crippen LogP contribution in [-0.2, 0) is 16.6 Å². The topological polar surface area (TPSA) is 43.8 Å². The van der Waals surface area contributed by atoms with Crippen molar-refractivity contribution in [2.45, 2.75) is 25.6 Å². The van der Waals surface area contributed by atoms with E-state index in [0.29, 0.717) is 10.1 Å². The lowest BCUT2D eigenvalue weighted by Gasteiger charge is -2.26. The molecule has 1 aliphatic rings. The Labute approximate surface area is 204 Å². The molecule has 0 bridgehead atoms. The Kier molecular flexibility index (Phi) is 6.45. The van der Waals surface area contributed by atoms with Crippen LogP contribution in [0.1, 0.15) is 30.5 Å². The monoisotopic (exact) mass is 568 g/mol. The van der Waals surface area contributed by atoms with Crippen LogP contribution in [0.2, 0.25) is 0 Å². The molecule has 1 unspecified atom stereocenters. The van der Waals surface area contributed by atoms with Gasteiger partial charge in [-0.3, -0.25) is 4.79 Å². The number of halogens is 4. The van der Waals surface area contributed by atoms with Crippen LogP contribution in [-0.4, -0.2) is 42.1 Å². The summed E-state index contributed by atoms with van der Waals surface area (Å²) < 4.78 is 42.8. The van der Waals surface area contributed by atoms with Gasteiger partial charge in [-0.15, -0.1) is 0 Å². The van der Waals surface area contributed by atoms with Gasteiger partial charge in [0.25, 0.3) is 5.91 Å². The van der Waals surface area contributed by atoms with Crippen LogP contribution in [0, 0.1) is 3.57 Å². The molecule has 0 saturated heterocycles. The van der Waals surface area contributed by atoms with E-state index in [0.717, 1.165) is 29.9 Å². The van der Waals surface area contributed by atoms with E-state index in [2.05, 4.69) is 4.90 Å². The van der Waals surface area contributed by atoms with Gasteiger partial charge in [0, 0.05) is 22.2 Å². The fourth-order valence-corrected chi connectivity index (χ4v) is 5.25. The average molecular weight is 568 g/mol. The number of benzene rings is 3. The lowest BCUT2D eigenvalue weighted by Crippen LogP contribution is -2.44. The van der Waals surface area contributed by atoms with Crippen molar-refractivity contribution in [1.82, 2.24) is 4.90 Å². The molecule has 0 aliphatic carbocycles. The summed E-state index contributed by atoms with van der Waals surface area (Å²) in [7, 11) is 0. The van der Waals surface area contributed by atoms with Crippen LogP contribution in [0.4, 0.5) is 18.9 Å². The van der Waals surface area contributed by atoms with Crippen LogP contribution in [0.3, 0.4) is 0 Å². The first-order valence-electron chi connectivity index (χ1n) is 10.8. The smallest absolute Gasteiger partial charge is 0.372 e. The average Bonchev–Trinajstić information content (AvgIpc) is 3.02. The summed E-state index contributed by atoms with van der Waals surface area (Å²) >= 11 is 1.94. The van der Waals surface area contributed by atoms with Crippen molar-refractivity contribution >= 4 is 45.0 Å². The largest absolute Gasteiger partial charge is 0.416 e. The van der Waals surface area contributed by atoms with Crippen molar-refractivity contribution in [2.24, 2.45) is 0 Å². The van der Waals surface area contributed by atoms with Gasteiger partial charge in [0.15, 0.2) is 5.60 Å². The SMILES string of the molecule is CCN(CC)CCN1C(=O)C(O)(c2ccc3ccccc3c2)c2c(C(F)(F)F)ccc(I)c21. The van der Waals surface area contributed by atoms with Gasteiger partial charge in [-0.1, -0.05) is 50.2 Å². The summed E-state index contributed by atoms with van der Waals surface area (Å²) in [6.07, 6.45) is -4.73. The van der Waals surface area contributed by atoms with Crippen LogP contribution < -0.4 is 4.90 Å². The second-order valence-corrected chi connectivity index (χ2v) is 9.23. The Morgan fingerprint density at radius 3 is 2.33 bits per heavy atom. The Morgan fingerprint density at radius 1 is 1.03 bits per heavy atom. The van der Waals surface area contributed by atoms with Crippen molar-refractivity contribution in [3.8, 4) is 0 Å². The first kappa shape index (κ1) is 24.0. The van der Waals surface area contributed by atoms with Gasteiger partial charge < -0.3 is 14.9 Å². The number of fused-ring (bicyclic) bond motifs is 2. The van der Waals surface area contributed by atoms with Crippen molar-refractivity contribution < 1.29 is 23.1 Å². The van der Waals surface area contributed by atoms with Gasteiger partial charge in [-0.25, -0.2) is 0 Å². The van der Waals surface area contributed by atoms with Gasteiger partial charge in [0.2, 0.25) is 0 Å². The van der Waals surface area contributed by atoms with Crippen molar-refractivity contribution in [2.75, 3.05) is 31.1 Å². The fourth-order valence-electron chi connectivity index (χ4n) is 4.51. The predicted molar refractivity (Wildman–Crippen MR) is 131 cm³/mol. The Bertz CT molecular complexity index is 1210. The molecule has 3 aromatic carbocycles. The number of amides is 1. The normalized spacial score (nSPS) is 18.4.